The Kier molecular flexibility index (Phi) is 15.8. The van der Waals surface area contributed by atoms with Crippen LogP contribution in [0.25, 0.3) is 0 Å². The molecule has 0 aliphatic carbocycles. The number of ketones is 1. The molecule has 0 aliphatic heterocycles. The van der Waals surface area contributed by atoms with Gasteiger partial charge in [-0.1, -0.05) is 71.1 Å². The number of carbonyl (C=O) groups excluding carboxylic acids is 1. The topological polar surface area (TPSA) is 118 Å². The van der Waals surface area contributed by atoms with Gasteiger partial charge < -0.3 is 15.9 Å². The summed E-state index contributed by atoms with van der Waals surface area (Å²) in [5, 5.41) is 17.6. The molecule has 0 heterocycles. The van der Waals surface area contributed by atoms with Gasteiger partial charge in [0.2, 0.25) is 0 Å². The lowest BCUT2D eigenvalue weighted by atomic mass is 9.87. The van der Waals surface area contributed by atoms with Crippen molar-refractivity contribution in [1.29, 1.82) is 0 Å². The van der Waals surface area contributed by atoms with Crippen molar-refractivity contribution < 1.29 is 24.6 Å². The van der Waals surface area contributed by atoms with Crippen molar-refractivity contribution in [3.63, 3.8) is 0 Å². The van der Waals surface area contributed by atoms with Gasteiger partial charge in [0.15, 0.2) is 5.78 Å². The zero-order valence-corrected chi connectivity index (χ0v) is 17.0. The third-order valence-corrected chi connectivity index (χ3v) is 5.05. The number of hydrogen-bond acceptors (Lipinski definition) is 4. The molecule has 4 N–H and O–H groups in total. The Morgan fingerprint density at radius 2 is 1.15 bits per heavy atom. The van der Waals surface area contributed by atoms with Gasteiger partial charge in [-0.15, -0.1) is 0 Å². The van der Waals surface area contributed by atoms with Crippen LogP contribution in [-0.4, -0.2) is 34.0 Å². The molecule has 2 atom stereocenters. The van der Waals surface area contributed by atoms with Crippen LogP contribution in [0.4, 0.5) is 0 Å². The number of carboxylic acids is 2. The molecule has 0 amide bonds. The van der Waals surface area contributed by atoms with Crippen LogP contribution in [0.1, 0.15) is 103 Å². The van der Waals surface area contributed by atoms with Crippen molar-refractivity contribution in [2.45, 2.75) is 109 Å². The standard InChI is InChI=1S/C21H39NO5/c1-2-3-4-5-6-7-8-9-10-11-12-17(13-15-19(23)24)21(27)18(22)14-16-20(25)26/h17-18H,2-16,22H2,1H3,(H,23,24)(H,25,26)/t17?,18-/m0/s1. The maximum atomic E-state index is 12.4. The first kappa shape index (κ1) is 25.6. The molecule has 0 aromatic carbocycles. The van der Waals surface area contributed by atoms with Gasteiger partial charge in [-0.05, 0) is 19.3 Å². The van der Waals surface area contributed by atoms with Gasteiger partial charge in [0.1, 0.15) is 0 Å². The summed E-state index contributed by atoms with van der Waals surface area (Å²) in [5.74, 6) is -2.46. The van der Waals surface area contributed by atoms with E-state index >= 15 is 0 Å². The fraction of sp³-hybridized carbons (Fsp3) is 0.857. The van der Waals surface area contributed by atoms with Crippen molar-refractivity contribution in [1.82, 2.24) is 0 Å². The molecule has 0 spiro atoms. The first-order valence-corrected chi connectivity index (χ1v) is 10.6. The smallest absolute Gasteiger partial charge is 0.303 e. The summed E-state index contributed by atoms with van der Waals surface area (Å²) < 4.78 is 0. The maximum absolute atomic E-state index is 12.4. The molecule has 0 bridgehead atoms. The maximum Gasteiger partial charge on any atom is 0.303 e. The monoisotopic (exact) mass is 385 g/mol. The van der Waals surface area contributed by atoms with E-state index in [-0.39, 0.29) is 37.4 Å². The highest BCUT2D eigenvalue weighted by Gasteiger charge is 2.25. The van der Waals surface area contributed by atoms with Crippen molar-refractivity contribution in [3.05, 3.63) is 0 Å². The Labute approximate surface area is 163 Å². The highest BCUT2D eigenvalue weighted by atomic mass is 16.4. The van der Waals surface area contributed by atoms with E-state index in [9.17, 15) is 14.4 Å². The molecule has 0 saturated carbocycles. The third-order valence-electron chi connectivity index (χ3n) is 5.05. The number of carbonyl (C=O) groups is 3. The molecule has 0 aliphatic rings. The molecule has 0 aromatic heterocycles. The second kappa shape index (κ2) is 16.7. The van der Waals surface area contributed by atoms with Crippen molar-refractivity contribution >= 4 is 17.7 Å². The predicted octanol–water partition coefficient (Wildman–Crippen LogP) is 4.54. The van der Waals surface area contributed by atoms with E-state index in [0.29, 0.717) is 6.42 Å². The van der Waals surface area contributed by atoms with Crippen molar-refractivity contribution in [3.8, 4) is 0 Å². The van der Waals surface area contributed by atoms with Gasteiger partial charge in [0, 0.05) is 18.8 Å². The molecule has 6 heteroatoms. The Hall–Kier alpha value is -1.43. The largest absolute Gasteiger partial charge is 0.481 e. The molecule has 27 heavy (non-hydrogen) atoms. The van der Waals surface area contributed by atoms with Crippen molar-refractivity contribution in [2.24, 2.45) is 11.7 Å². The minimum atomic E-state index is -0.977. The van der Waals surface area contributed by atoms with Crippen LogP contribution in [-0.2, 0) is 14.4 Å². The van der Waals surface area contributed by atoms with Crippen molar-refractivity contribution in [2.75, 3.05) is 0 Å². The SMILES string of the molecule is CCCCCCCCCCCCC(CCC(=O)O)C(=O)[C@@H](N)CCC(=O)O. The van der Waals surface area contributed by atoms with Crippen LogP contribution in [0.3, 0.4) is 0 Å². The molecule has 0 radical (unpaired) electrons. The van der Waals surface area contributed by atoms with E-state index in [1.165, 1.54) is 44.9 Å². The van der Waals surface area contributed by atoms with Gasteiger partial charge in [0.25, 0.3) is 0 Å². The highest BCUT2D eigenvalue weighted by molar-refractivity contribution is 5.86. The normalized spacial score (nSPS) is 13.3. The van der Waals surface area contributed by atoms with E-state index in [1.807, 2.05) is 0 Å². The lowest BCUT2D eigenvalue weighted by Crippen LogP contribution is -2.36. The summed E-state index contributed by atoms with van der Waals surface area (Å²) in [6.45, 7) is 2.22. The van der Waals surface area contributed by atoms with Crippen LogP contribution in [0, 0.1) is 5.92 Å². The number of rotatable bonds is 19. The van der Waals surface area contributed by atoms with Crippen LogP contribution < -0.4 is 5.73 Å². The summed E-state index contributed by atoms with van der Waals surface area (Å²) >= 11 is 0. The number of unbranched alkanes of at least 4 members (excludes halogenated alkanes) is 9. The van der Waals surface area contributed by atoms with E-state index < -0.39 is 18.0 Å². The number of Topliss-reactive ketones (excluding diaryl/α,β-unsaturated/α-hetero) is 1. The average Bonchev–Trinajstić information content (AvgIpc) is 2.62. The van der Waals surface area contributed by atoms with Gasteiger partial charge in [-0.2, -0.15) is 0 Å². The predicted molar refractivity (Wildman–Crippen MR) is 107 cm³/mol. The van der Waals surface area contributed by atoms with Gasteiger partial charge in [0.05, 0.1) is 6.04 Å². The zero-order valence-electron chi connectivity index (χ0n) is 17.0. The van der Waals surface area contributed by atoms with Crippen LogP contribution in [0.15, 0.2) is 0 Å². The van der Waals surface area contributed by atoms with E-state index in [2.05, 4.69) is 6.92 Å². The fourth-order valence-corrected chi connectivity index (χ4v) is 3.33. The lowest BCUT2D eigenvalue weighted by molar-refractivity contribution is -0.138. The average molecular weight is 386 g/mol. The minimum Gasteiger partial charge on any atom is -0.481 e. The van der Waals surface area contributed by atoms with Gasteiger partial charge in [-0.25, -0.2) is 0 Å². The number of hydrogen-bond donors (Lipinski definition) is 3. The molecule has 0 aromatic rings. The summed E-state index contributed by atoms with van der Waals surface area (Å²) in [7, 11) is 0. The summed E-state index contributed by atoms with van der Waals surface area (Å²) in [4.78, 5) is 33.9. The fourth-order valence-electron chi connectivity index (χ4n) is 3.33. The highest BCUT2D eigenvalue weighted by Crippen LogP contribution is 2.20. The van der Waals surface area contributed by atoms with Gasteiger partial charge in [-0.3, -0.25) is 14.4 Å². The number of nitrogens with two attached hydrogens (primary N) is 1. The quantitative estimate of drug-likeness (QED) is 0.281. The first-order valence-electron chi connectivity index (χ1n) is 10.6. The van der Waals surface area contributed by atoms with E-state index in [0.717, 1.165) is 19.3 Å². The zero-order chi connectivity index (χ0) is 20.5. The number of aliphatic carboxylic acids is 2. The Bertz CT molecular complexity index is 425. The summed E-state index contributed by atoms with van der Waals surface area (Å²) in [6, 6.07) is -0.817. The molecule has 1 unspecified atom stereocenters. The lowest BCUT2D eigenvalue weighted by Gasteiger charge is -2.19. The van der Waals surface area contributed by atoms with E-state index in [1.54, 1.807) is 0 Å². The Morgan fingerprint density at radius 3 is 1.63 bits per heavy atom. The van der Waals surface area contributed by atoms with Crippen LogP contribution in [0.2, 0.25) is 0 Å². The second-order valence-corrected chi connectivity index (χ2v) is 7.54. The molecule has 158 valence electrons. The van der Waals surface area contributed by atoms with Crippen LogP contribution >= 0.6 is 0 Å². The molecule has 0 saturated heterocycles. The molecule has 6 nitrogen and oxygen atoms in total. The molecule has 0 rings (SSSR count). The second-order valence-electron chi connectivity index (χ2n) is 7.54. The number of carboxylic acid groups (broad SMARTS) is 2. The van der Waals surface area contributed by atoms with E-state index in [4.69, 9.17) is 15.9 Å². The molecular weight excluding hydrogens is 346 g/mol. The van der Waals surface area contributed by atoms with Gasteiger partial charge >= 0.3 is 11.9 Å². The third kappa shape index (κ3) is 15.3. The summed E-state index contributed by atoms with van der Waals surface area (Å²) in [6.07, 6.45) is 12.9. The summed E-state index contributed by atoms with van der Waals surface area (Å²) in [5.41, 5.74) is 5.83. The molecule has 0 fully saturated rings. The van der Waals surface area contributed by atoms with Crippen LogP contribution in [0.5, 0.6) is 0 Å². The minimum absolute atomic E-state index is 0.0557. The Balaban J connectivity index is 4.09. The Morgan fingerprint density at radius 1 is 0.704 bits per heavy atom. The first-order chi connectivity index (χ1) is 12.9. The molecular formula is C21H39NO5.